The first-order valence-corrected chi connectivity index (χ1v) is 5.27. The molecule has 1 aliphatic heterocycles. The molecule has 17 heavy (non-hydrogen) atoms. The molecule has 1 atom stereocenters. The quantitative estimate of drug-likeness (QED) is 0.451. The first-order valence-electron chi connectivity index (χ1n) is 5.27. The van der Waals surface area contributed by atoms with Gasteiger partial charge in [0.15, 0.2) is 0 Å². The van der Waals surface area contributed by atoms with Crippen LogP contribution in [-0.2, 0) is 4.79 Å². The molecule has 1 rings (SSSR count). The van der Waals surface area contributed by atoms with E-state index in [2.05, 4.69) is 10.3 Å². The number of nitrogens with zero attached hydrogens (tertiary/aromatic N) is 1. The van der Waals surface area contributed by atoms with Crippen molar-refractivity contribution in [3.05, 3.63) is 11.6 Å². The summed E-state index contributed by atoms with van der Waals surface area (Å²) in [5, 5.41) is 13.9. The molecule has 0 fully saturated rings. The summed E-state index contributed by atoms with van der Waals surface area (Å²) in [7, 11) is 0. The molecule has 5 nitrogen and oxygen atoms in total. The summed E-state index contributed by atoms with van der Waals surface area (Å²) in [5.74, 6) is -1.23. The minimum Gasteiger partial charge on any atom is -0.861 e. The van der Waals surface area contributed by atoms with Crippen molar-refractivity contribution in [3.63, 3.8) is 0 Å². The van der Waals surface area contributed by atoms with Crippen molar-refractivity contribution in [1.29, 1.82) is 0 Å². The van der Waals surface area contributed by atoms with E-state index in [0.717, 1.165) is 6.42 Å². The number of carbonyl (C=O) groups excluding carboxylic acids is 2. The number of hydrogen-bond donors (Lipinski definition) is 1. The molecule has 0 aromatic carbocycles. The molecule has 0 aromatic rings. The van der Waals surface area contributed by atoms with Crippen LogP contribution in [0.15, 0.2) is 16.6 Å². The van der Waals surface area contributed by atoms with Crippen LogP contribution in [0, 0.1) is 5.41 Å². The zero-order chi connectivity index (χ0) is 12.3. The van der Waals surface area contributed by atoms with Crippen molar-refractivity contribution in [2.75, 3.05) is 0 Å². The molecule has 0 saturated heterocycles. The van der Waals surface area contributed by atoms with Crippen LogP contribution in [0.25, 0.3) is 0 Å². The van der Waals surface area contributed by atoms with E-state index in [1.54, 1.807) is 13.8 Å². The molecule has 0 spiro atoms. The van der Waals surface area contributed by atoms with E-state index >= 15 is 0 Å². The third-order valence-corrected chi connectivity index (χ3v) is 2.89. The second-order valence-electron chi connectivity index (χ2n) is 3.73. The van der Waals surface area contributed by atoms with Gasteiger partial charge >= 0.3 is 35.6 Å². The predicted molar refractivity (Wildman–Crippen MR) is 57.7 cm³/mol. The van der Waals surface area contributed by atoms with Crippen LogP contribution in [0.3, 0.4) is 0 Å². The Kier molecular flexibility index (Phi) is 6.09. The maximum absolute atomic E-state index is 11.8. The topological polar surface area (TPSA) is 81.6 Å². The van der Waals surface area contributed by atoms with Crippen LogP contribution in [0.5, 0.6) is 0 Å². The smallest absolute Gasteiger partial charge is 0.861 e. The standard InChI is InChI=1S/C11H16N2O3.Na/c1-4-6-7(3)11(5-2)8(14)12-10(16)13-9(11)15;/h6H,4-5H2,1-3H3,(H2,12,13,14,15,16);/q;+1/p-1/b7-6+;. The maximum Gasteiger partial charge on any atom is 1.00 e. The van der Waals surface area contributed by atoms with Gasteiger partial charge in [-0.1, -0.05) is 25.5 Å². The van der Waals surface area contributed by atoms with Crippen LogP contribution in [0.4, 0.5) is 4.79 Å². The number of amides is 3. The maximum atomic E-state index is 11.8. The Morgan fingerprint density at radius 1 is 1.47 bits per heavy atom. The number of carbonyl (C=O) groups is 2. The normalized spacial score (nSPS) is 24.9. The first kappa shape index (κ1) is 16.4. The number of hydrogen-bond acceptors (Lipinski definition) is 3. The summed E-state index contributed by atoms with van der Waals surface area (Å²) in [4.78, 5) is 26.1. The molecule has 88 valence electrons. The fourth-order valence-electron chi connectivity index (χ4n) is 1.94. The number of urea groups is 1. The van der Waals surface area contributed by atoms with E-state index < -0.39 is 23.3 Å². The van der Waals surface area contributed by atoms with Crippen LogP contribution in [-0.4, -0.2) is 17.8 Å². The fourth-order valence-corrected chi connectivity index (χ4v) is 1.94. The SMILES string of the molecule is CC/C=C(\C)C1(CC)C(=O)NC(=O)N=C1[O-].[Na+]. The number of nitrogens with one attached hydrogen (secondary N) is 1. The van der Waals surface area contributed by atoms with Crippen molar-refractivity contribution in [2.24, 2.45) is 10.4 Å². The summed E-state index contributed by atoms with van der Waals surface area (Å²) in [6, 6.07) is -0.872. The summed E-state index contributed by atoms with van der Waals surface area (Å²) in [6.45, 7) is 5.37. The third-order valence-electron chi connectivity index (χ3n) is 2.89. The summed E-state index contributed by atoms with van der Waals surface area (Å²) < 4.78 is 0. The summed E-state index contributed by atoms with van der Waals surface area (Å²) >= 11 is 0. The summed E-state index contributed by atoms with van der Waals surface area (Å²) in [5.41, 5.74) is -0.638. The molecule has 0 saturated carbocycles. The van der Waals surface area contributed by atoms with Gasteiger partial charge in [-0.3, -0.25) is 10.1 Å². The molecule has 1 unspecified atom stereocenters. The van der Waals surface area contributed by atoms with Gasteiger partial charge < -0.3 is 5.11 Å². The molecule has 6 heteroatoms. The van der Waals surface area contributed by atoms with E-state index in [1.807, 2.05) is 13.0 Å². The van der Waals surface area contributed by atoms with Gasteiger partial charge in [0.05, 0.1) is 5.41 Å². The molecule has 1 N–H and O–H groups in total. The molecule has 0 aliphatic carbocycles. The van der Waals surface area contributed by atoms with Crippen molar-refractivity contribution in [1.82, 2.24) is 5.32 Å². The zero-order valence-electron chi connectivity index (χ0n) is 10.7. The molecular formula is C11H15N2NaO3. The third kappa shape index (κ3) is 2.78. The molecule has 0 bridgehead atoms. The molecular weight excluding hydrogens is 231 g/mol. The van der Waals surface area contributed by atoms with Crippen LogP contribution in [0.1, 0.15) is 33.6 Å². The Morgan fingerprint density at radius 2 is 2.06 bits per heavy atom. The Morgan fingerprint density at radius 3 is 2.47 bits per heavy atom. The van der Waals surface area contributed by atoms with Gasteiger partial charge in [-0.25, -0.2) is 9.79 Å². The first-order chi connectivity index (χ1) is 7.48. The van der Waals surface area contributed by atoms with E-state index in [4.69, 9.17) is 0 Å². The Hall–Kier alpha value is -0.650. The van der Waals surface area contributed by atoms with Gasteiger partial charge in [-0.2, -0.15) is 0 Å². The average molecular weight is 246 g/mol. The van der Waals surface area contributed by atoms with Crippen LogP contribution >= 0.6 is 0 Å². The Labute approximate surface area is 123 Å². The fraction of sp³-hybridized carbons (Fsp3) is 0.545. The van der Waals surface area contributed by atoms with E-state index in [0.29, 0.717) is 12.0 Å². The van der Waals surface area contributed by atoms with Gasteiger partial charge in [0, 0.05) is 0 Å². The van der Waals surface area contributed by atoms with Gasteiger partial charge in [0.25, 0.3) is 0 Å². The van der Waals surface area contributed by atoms with E-state index in [9.17, 15) is 14.7 Å². The van der Waals surface area contributed by atoms with Gasteiger partial charge in [0.2, 0.25) is 5.91 Å². The molecule has 3 amide bonds. The second-order valence-corrected chi connectivity index (χ2v) is 3.73. The zero-order valence-corrected chi connectivity index (χ0v) is 12.7. The van der Waals surface area contributed by atoms with Crippen LogP contribution in [0.2, 0.25) is 0 Å². The van der Waals surface area contributed by atoms with Gasteiger partial charge in [-0.15, -0.1) is 0 Å². The number of allylic oxidation sites excluding steroid dienone is 1. The minimum atomic E-state index is -1.29. The van der Waals surface area contributed by atoms with Crippen molar-refractivity contribution < 1.29 is 44.3 Å². The molecule has 0 aromatic heterocycles. The second kappa shape index (κ2) is 6.33. The minimum absolute atomic E-state index is 0. The average Bonchev–Trinajstić information content (AvgIpc) is 2.18. The van der Waals surface area contributed by atoms with E-state index in [-0.39, 0.29) is 29.6 Å². The van der Waals surface area contributed by atoms with Crippen LogP contribution < -0.4 is 40.0 Å². The summed E-state index contributed by atoms with van der Waals surface area (Å²) in [6.07, 6.45) is 2.84. The molecule has 0 radical (unpaired) electrons. The van der Waals surface area contributed by atoms with Gasteiger partial charge in [0.1, 0.15) is 0 Å². The van der Waals surface area contributed by atoms with Crippen molar-refractivity contribution >= 4 is 17.8 Å². The Balaban J connectivity index is 0.00000256. The van der Waals surface area contributed by atoms with Crippen molar-refractivity contribution in [3.8, 4) is 0 Å². The number of aliphatic imine (C=N–C) groups is 1. The van der Waals surface area contributed by atoms with E-state index in [1.165, 1.54) is 0 Å². The largest absolute Gasteiger partial charge is 1.00 e. The monoisotopic (exact) mass is 246 g/mol. The van der Waals surface area contributed by atoms with Gasteiger partial charge in [-0.05, 0) is 25.7 Å². The van der Waals surface area contributed by atoms with Crippen molar-refractivity contribution in [2.45, 2.75) is 33.6 Å². The number of rotatable bonds is 3. The Bertz CT molecular complexity index is 390. The predicted octanol–water partition coefficient (Wildman–Crippen LogP) is -2.25. The molecule has 1 heterocycles. The molecule has 1 aliphatic rings. The number of imide groups is 1.